The van der Waals surface area contributed by atoms with Gasteiger partial charge in [-0.15, -0.1) is 0 Å². The maximum Gasteiger partial charge on any atom is 0.508 e. The Hall–Kier alpha value is -0.990. The van der Waals surface area contributed by atoms with Crippen molar-refractivity contribution in [1.82, 2.24) is 0 Å². The molecule has 0 saturated heterocycles. The van der Waals surface area contributed by atoms with Gasteiger partial charge in [-0.1, -0.05) is 46.8 Å². The molecule has 0 atom stereocenters. The van der Waals surface area contributed by atoms with Crippen molar-refractivity contribution in [2.24, 2.45) is 11.8 Å². The van der Waals surface area contributed by atoms with Crippen molar-refractivity contribution in [2.75, 3.05) is 6.61 Å². The Bertz CT molecular complexity index is 211. The van der Waals surface area contributed by atoms with Crippen molar-refractivity contribution in [2.45, 2.75) is 47.1 Å². The molecule has 0 aliphatic rings. The van der Waals surface area contributed by atoms with E-state index in [0.717, 1.165) is 6.42 Å². The molecule has 0 fully saturated rings. The Morgan fingerprint density at radius 3 is 2.12 bits per heavy atom. The molecule has 0 rings (SSSR count). The molecule has 0 radical (unpaired) electrons. The van der Waals surface area contributed by atoms with Gasteiger partial charge in [0.25, 0.3) is 0 Å². The van der Waals surface area contributed by atoms with E-state index in [1.54, 1.807) is 0 Å². The maximum absolute atomic E-state index is 11.3. The average Bonchev–Trinajstić information content (AvgIpc) is 2.20. The summed E-state index contributed by atoms with van der Waals surface area (Å²) in [4.78, 5) is 11.3. The van der Waals surface area contributed by atoms with Crippen molar-refractivity contribution in [3.05, 3.63) is 12.2 Å². The van der Waals surface area contributed by atoms with Crippen LogP contribution in [0.25, 0.3) is 0 Å². The van der Waals surface area contributed by atoms with Crippen LogP contribution in [0.2, 0.25) is 0 Å². The summed E-state index contributed by atoms with van der Waals surface area (Å²) in [6, 6.07) is 0. The fourth-order valence-electron chi connectivity index (χ4n) is 1.54. The van der Waals surface area contributed by atoms with Crippen LogP contribution >= 0.6 is 0 Å². The van der Waals surface area contributed by atoms with Gasteiger partial charge in [-0.25, -0.2) is 4.79 Å². The zero-order valence-corrected chi connectivity index (χ0v) is 11.0. The molecule has 0 aromatic rings. The van der Waals surface area contributed by atoms with E-state index in [0.29, 0.717) is 11.8 Å². The van der Waals surface area contributed by atoms with Gasteiger partial charge >= 0.3 is 6.16 Å². The van der Waals surface area contributed by atoms with Crippen molar-refractivity contribution in [1.29, 1.82) is 0 Å². The lowest BCUT2D eigenvalue weighted by Gasteiger charge is -2.24. The fourth-order valence-corrected chi connectivity index (χ4v) is 1.54. The summed E-state index contributed by atoms with van der Waals surface area (Å²) in [7, 11) is 0. The molecule has 94 valence electrons. The summed E-state index contributed by atoms with van der Waals surface area (Å²) in [5.74, 6) is 0.609. The number of carbonyl (C=O) groups excluding carboxylic acids is 1. The number of allylic oxidation sites excluding steroid dienone is 1. The zero-order valence-electron chi connectivity index (χ0n) is 11.0. The highest BCUT2D eigenvalue weighted by molar-refractivity contribution is 5.60. The molecule has 0 aliphatic carbocycles. The van der Waals surface area contributed by atoms with E-state index >= 15 is 0 Å². The van der Waals surface area contributed by atoms with Gasteiger partial charge in [0.15, 0.2) is 0 Å². The summed E-state index contributed by atoms with van der Waals surface area (Å²) in [5, 5.41) is 0. The van der Waals surface area contributed by atoms with Gasteiger partial charge in [0.1, 0.15) is 12.7 Å². The van der Waals surface area contributed by atoms with Crippen molar-refractivity contribution in [3.8, 4) is 0 Å². The van der Waals surface area contributed by atoms with Crippen LogP contribution in [-0.4, -0.2) is 18.9 Å². The normalized spacial score (nSPS) is 11.8. The van der Waals surface area contributed by atoms with Crippen molar-refractivity contribution >= 4 is 6.16 Å². The molecule has 16 heavy (non-hydrogen) atoms. The highest BCUT2D eigenvalue weighted by Gasteiger charge is 2.22. The standard InChI is InChI=1S/C13H24O3/c1-6-7-8-9-15-13(14)16-12(10(2)3)11(4)5/h7-8,10-12H,6,9H2,1-5H3/b8-7+. The van der Waals surface area contributed by atoms with Crippen LogP contribution in [0.3, 0.4) is 0 Å². The van der Waals surface area contributed by atoms with Crippen molar-refractivity contribution < 1.29 is 14.3 Å². The fraction of sp³-hybridized carbons (Fsp3) is 0.769. The third-order valence-corrected chi connectivity index (χ3v) is 2.25. The minimum Gasteiger partial charge on any atom is -0.430 e. The van der Waals surface area contributed by atoms with Crippen LogP contribution in [-0.2, 0) is 9.47 Å². The lowest BCUT2D eigenvalue weighted by Crippen LogP contribution is -2.29. The van der Waals surface area contributed by atoms with Crippen LogP contribution in [0, 0.1) is 11.8 Å². The summed E-state index contributed by atoms with van der Waals surface area (Å²) in [6.07, 6.45) is 4.06. The highest BCUT2D eigenvalue weighted by atomic mass is 16.7. The first kappa shape index (κ1) is 15.0. The summed E-state index contributed by atoms with van der Waals surface area (Å²) in [6.45, 7) is 10.5. The molecule has 0 N–H and O–H groups in total. The summed E-state index contributed by atoms with van der Waals surface area (Å²) < 4.78 is 10.2. The predicted octanol–water partition coefficient (Wildman–Crippen LogP) is 3.79. The van der Waals surface area contributed by atoms with E-state index in [4.69, 9.17) is 9.47 Å². The van der Waals surface area contributed by atoms with Gasteiger partial charge in [0, 0.05) is 0 Å². The van der Waals surface area contributed by atoms with Crippen LogP contribution in [0.4, 0.5) is 4.79 Å². The van der Waals surface area contributed by atoms with Gasteiger partial charge in [-0.05, 0) is 18.3 Å². The Kier molecular flexibility index (Phi) is 7.69. The van der Waals surface area contributed by atoms with E-state index in [1.807, 2.05) is 46.8 Å². The lowest BCUT2D eigenvalue weighted by atomic mass is 9.96. The minimum absolute atomic E-state index is 0.0809. The molecule has 0 aliphatic heterocycles. The topological polar surface area (TPSA) is 35.5 Å². The Labute approximate surface area is 98.8 Å². The first-order valence-corrected chi connectivity index (χ1v) is 5.97. The SMILES string of the molecule is CC/C=C/COC(=O)OC(C(C)C)C(C)C. The van der Waals surface area contributed by atoms with Crippen LogP contribution in [0.15, 0.2) is 12.2 Å². The third-order valence-electron chi connectivity index (χ3n) is 2.25. The molecule has 0 saturated carbocycles. The van der Waals surface area contributed by atoms with Gasteiger partial charge in [0.05, 0.1) is 0 Å². The lowest BCUT2D eigenvalue weighted by molar-refractivity contribution is -0.00626. The molecular formula is C13H24O3. The Morgan fingerprint density at radius 1 is 1.12 bits per heavy atom. The average molecular weight is 228 g/mol. The smallest absolute Gasteiger partial charge is 0.430 e. The van der Waals surface area contributed by atoms with E-state index in [-0.39, 0.29) is 12.7 Å². The van der Waals surface area contributed by atoms with Crippen LogP contribution in [0.1, 0.15) is 41.0 Å². The number of rotatable bonds is 6. The molecule has 3 heteroatoms. The van der Waals surface area contributed by atoms with E-state index in [2.05, 4.69) is 0 Å². The second kappa shape index (κ2) is 8.20. The Morgan fingerprint density at radius 2 is 1.69 bits per heavy atom. The second-order valence-electron chi connectivity index (χ2n) is 4.51. The molecule has 0 heterocycles. The first-order chi connectivity index (χ1) is 7.49. The molecule has 0 aromatic heterocycles. The minimum atomic E-state index is -0.576. The van der Waals surface area contributed by atoms with Gasteiger partial charge in [-0.2, -0.15) is 0 Å². The van der Waals surface area contributed by atoms with E-state index < -0.39 is 6.16 Å². The number of carbonyl (C=O) groups is 1. The largest absolute Gasteiger partial charge is 0.508 e. The second-order valence-corrected chi connectivity index (χ2v) is 4.51. The summed E-state index contributed by atoms with van der Waals surface area (Å²) in [5.41, 5.74) is 0. The van der Waals surface area contributed by atoms with Gasteiger partial charge in [0.2, 0.25) is 0 Å². The molecule has 0 spiro atoms. The Balaban J connectivity index is 3.96. The quantitative estimate of drug-likeness (QED) is 0.512. The molecule has 3 nitrogen and oxygen atoms in total. The molecule has 0 unspecified atom stereocenters. The van der Waals surface area contributed by atoms with Crippen molar-refractivity contribution in [3.63, 3.8) is 0 Å². The van der Waals surface area contributed by atoms with Gasteiger partial charge in [-0.3, -0.25) is 0 Å². The summed E-state index contributed by atoms with van der Waals surface area (Å²) >= 11 is 0. The number of hydrogen-bond acceptors (Lipinski definition) is 3. The third kappa shape index (κ3) is 6.49. The molecule has 0 amide bonds. The van der Waals surface area contributed by atoms with E-state index in [9.17, 15) is 4.79 Å². The van der Waals surface area contributed by atoms with Crippen LogP contribution < -0.4 is 0 Å². The van der Waals surface area contributed by atoms with Gasteiger partial charge < -0.3 is 9.47 Å². The molecule has 0 aromatic carbocycles. The number of hydrogen-bond donors (Lipinski definition) is 0. The zero-order chi connectivity index (χ0) is 12.6. The number of ether oxygens (including phenoxy) is 2. The molecular weight excluding hydrogens is 204 g/mol. The highest BCUT2D eigenvalue weighted by Crippen LogP contribution is 2.16. The molecule has 0 bridgehead atoms. The van der Waals surface area contributed by atoms with Crippen LogP contribution in [0.5, 0.6) is 0 Å². The monoisotopic (exact) mass is 228 g/mol. The van der Waals surface area contributed by atoms with E-state index in [1.165, 1.54) is 0 Å². The predicted molar refractivity (Wildman–Crippen MR) is 65.3 cm³/mol. The maximum atomic E-state index is 11.3. The first-order valence-electron chi connectivity index (χ1n) is 5.97.